The van der Waals surface area contributed by atoms with Crippen molar-refractivity contribution in [2.24, 2.45) is 0 Å². The number of Topliss-reactive ketones (excluding diaryl/α,β-unsaturated/α-hetero) is 1. The van der Waals surface area contributed by atoms with Crippen molar-refractivity contribution in [1.29, 1.82) is 0 Å². The minimum absolute atomic E-state index is 0.122. The number of benzene rings is 1. The molecule has 4 heteroatoms. The predicted molar refractivity (Wildman–Crippen MR) is 82.9 cm³/mol. The van der Waals surface area contributed by atoms with Crippen LogP contribution in [0.1, 0.15) is 37.7 Å². The summed E-state index contributed by atoms with van der Waals surface area (Å²) in [5.74, 6) is -0.599. The highest BCUT2D eigenvalue weighted by Crippen LogP contribution is 2.42. The molecule has 3 rings (SSSR count). The molecule has 0 saturated heterocycles. The van der Waals surface area contributed by atoms with E-state index < -0.39 is 0 Å². The fourth-order valence-electron chi connectivity index (χ4n) is 3.34. The van der Waals surface area contributed by atoms with Gasteiger partial charge >= 0.3 is 5.97 Å². The predicted octanol–water partition coefficient (Wildman–Crippen LogP) is 2.83. The standard InChI is InChI=1S/C18H19NO3/c1-11-15(18(21)22-2)16(12-7-4-3-5-8-12)17-13(19-11)9-6-10-14(17)20/h3-5,7-8,16,19H,6,9-10H2,1-2H3/t16-/m1/s1. The van der Waals surface area contributed by atoms with Gasteiger partial charge in [-0.25, -0.2) is 4.79 Å². The van der Waals surface area contributed by atoms with Gasteiger partial charge in [0.25, 0.3) is 0 Å². The first-order valence-corrected chi connectivity index (χ1v) is 7.50. The molecule has 2 aliphatic rings. The second kappa shape index (κ2) is 5.79. The molecule has 0 radical (unpaired) electrons. The number of hydrogen-bond acceptors (Lipinski definition) is 4. The van der Waals surface area contributed by atoms with Crippen LogP contribution in [0, 0.1) is 0 Å². The Morgan fingerprint density at radius 3 is 2.64 bits per heavy atom. The van der Waals surface area contributed by atoms with Crippen LogP contribution in [0.5, 0.6) is 0 Å². The summed E-state index contributed by atoms with van der Waals surface area (Å²) in [5, 5.41) is 3.25. The van der Waals surface area contributed by atoms with E-state index in [0.29, 0.717) is 12.0 Å². The van der Waals surface area contributed by atoms with Gasteiger partial charge in [-0.05, 0) is 25.3 Å². The topological polar surface area (TPSA) is 55.4 Å². The number of methoxy groups -OCH3 is 1. The maximum absolute atomic E-state index is 12.5. The molecule has 1 aliphatic carbocycles. The van der Waals surface area contributed by atoms with Gasteiger partial charge in [0, 0.05) is 29.3 Å². The van der Waals surface area contributed by atoms with Gasteiger partial charge in [0.05, 0.1) is 12.7 Å². The second-order valence-corrected chi connectivity index (χ2v) is 5.67. The summed E-state index contributed by atoms with van der Waals surface area (Å²) in [6, 6.07) is 9.69. The number of carbonyl (C=O) groups is 2. The third kappa shape index (κ3) is 2.34. The number of ether oxygens (including phenoxy) is 1. The Morgan fingerprint density at radius 1 is 1.23 bits per heavy atom. The fraction of sp³-hybridized carbons (Fsp3) is 0.333. The zero-order valence-electron chi connectivity index (χ0n) is 12.8. The Morgan fingerprint density at radius 2 is 1.95 bits per heavy atom. The van der Waals surface area contributed by atoms with Crippen LogP contribution >= 0.6 is 0 Å². The van der Waals surface area contributed by atoms with Gasteiger partial charge < -0.3 is 10.1 Å². The van der Waals surface area contributed by atoms with Crippen molar-refractivity contribution in [3.63, 3.8) is 0 Å². The maximum atomic E-state index is 12.5. The molecule has 0 aromatic heterocycles. The highest BCUT2D eigenvalue weighted by atomic mass is 16.5. The zero-order valence-corrected chi connectivity index (χ0v) is 12.8. The fourth-order valence-corrected chi connectivity index (χ4v) is 3.34. The van der Waals surface area contributed by atoms with Gasteiger partial charge in [-0.2, -0.15) is 0 Å². The summed E-state index contributed by atoms with van der Waals surface area (Å²) in [6.07, 6.45) is 2.24. The maximum Gasteiger partial charge on any atom is 0.336 e. The molecule has 114 valence electrons. The minimum atomic E-state index is -0.385. The molecule has 0 bridgehead atoms. The molecule has 1 aliphatic heterocycles. The SMILES string of the molecule is COC(=O)C1=C(C)NC2=C(C(=O)CCC2)[C@@H]1c1ccccc1. The van der Waals surface area contributed by atoms with Crippen molar-refractivity contribution in [2.45, 2.75) is 32.1 Å². The van der Waals surface area contributed by atoms with Crippen molar-refractivity contribution in [2.75, 3.05) is 7.11 Å². The molecular formula is C18H19NO3. The molecule has 0 saturated carbocycles. The van der Waals surface area contributed by atoms with Crippen LogP contribution in [0.25, 0.3) is 0 Å². The van der Waals surface area contributed by atoms with E-state index in [9.17, 15) is 9.59 Å². The first-order chi connectivity index (χ1) is 10.6. The van der Waals surface area contributed by atoms with Crippen molar-refractivity contribution in [1.82, 2.24) is 5.32 Å². The Kier molecular flexibility index (Phi) is 3.84. The van der Waals surface area contributed by atoms with E-state index >= 15 is 0 Å². The smallest absolute Gasteiger partial charge is 0.336 e. The average Bonchev–Trinajstić information content (AvgIpc) is 2.54. The number of nitrogens with one attached hydrogen (secondary N) is 1. The lowest BCUT2D eigenvalue weighted by Gasteiger charge is -2.34. The molecule has 4 nitrogen and oxygen atoms in total. The number of carbonyl (C=O) groups excluding carboxylic acids is 2. The normalized spacial score (nSPS) is 21.4. The van der Waals surface area contributed by atoms with Gasteiger partial charge in [-0.3, -0.25) is 4.79 Å². The molecule has 1 N–H and O–H groups in total. The van der Waals surface area contributed by atoms with E-state index in [2.05, 4.69) is 5.32 Å². The van der Waals surface area contributed by atoms with Crippen LogP contribution in [0.15, 0.2) is 52.9 Å². The van der Waals surface area contributed by atoms with Crippen LogP contribution in [0.3, 0.4) is 0 Å². The second-order valence-electron chi connectivity index (χ2n) is 5.67. The van der Waals surface area contributed by atoms with Crippen LogP contribution in [0.2, 0.25) is 0 Å². The molecule has 1 atom stereocenters. The molecule has 22 heavy (non-hydrogen) atoms. The quantitative estimate of drug-likeness (QED) is 0.853. The van der Waals surface area contributed by atoms with E-state index in [1.807, 2.05) is 37.3 Å². The lowest BCUT2D eigenvalue weighted by molar-refractivity contribution is -0.136. The lowest BCUT2D eigenvalue weighted by atomic mass is 9.75. The molecular weight excluding hydrogens is 278 g/mol. The van der Waals surface area contributed by atoms with Gasteiger partial charge in [-0.15, -0.1) is 0 Å². The highest BCUT2D eigenvalue weighted by molar-refractivity contribution is 6.03. The van der Waals surface area contributed by atoms with E-state index in [-0.39, 0.29) is 17.7 Å². The van der Waals surface area contributed by atoms with Gasteiger partial charge in [0.1, 0.15) is 0 Å². The van der Waals surface area contributed by atoms with Crippen LogP contribution in [-0.4, -0.2) is 18.9 Å². The molecule has 0 amide bonds. The van der Waals surface area contributed by atoms with Gasteiger partial charge in [0.15, 0.2) is 5.78 Å². The summed E-state index contributed by atoms with van der Waals surface area (Å²) in [6.45, 7) is 1.87. The van der Waals surface area contributed by atoms with Crippen molar-refractivity contribution in [3.05, 3.63) is 58.4 Å². The molecule has 0 fully saturated rings. The number of allylic oxidation sites excluding steroid dienone is 3. The summed E-state index contributed by atoms with van der Waals surface area (Å²) in [4.78, 5) is 24.8. The molecule has 0 unspecified atom stereocenters. The third-order valence-electron chi connectivity index (χ3n) is 4.31. The first-order valence-electron chi connectivity index (χ1n) is 7.50. The zero-order chi connectivity index (χ0) is 15.7. The first kappa shape index (κ1) is 14.6. The Balaban J connectivity index is 2.18. The summed E-state index contributed by atoms with van der Waals surface area (Å²) in [5.41, 5.74) is 3.93. The molecule has 1 aromatic rings. The monoisotopic (exact) mass is 297 g/mol. The van der Waals surface area contributed by atoms with E-state index in [4.69, 9.17) is 4.74 Å². The summed E-state index contributed by atoms with van der Waals surface area (Å²) < 4.78 is 4.96. The van der Waals surface area contributed by atoms with Crippen molar-refractivity contribution >= 4 is 11.8 Å². The summed E-state index contributed by atoms with van der Waals surface area (Å²) in [7, 11) is 1.37. The van der Waals surface area contributed by atoms with Crippen molar-refractivity contribution in [3.8, 4) is 0 Å². The number of dihydropyridines is 1. The van der Waals surface area contributed by atoms with E-state index in [1.54, 1.807) is 0 Å². The van der Waals surface area contributed by atoms with Crippen molar-refractivity contribution < 1.29 is 14.3 Å². The minimum Gasteiger partial charge on any atom is -0.466 e. The molecule has 1 aromatic carbocycles. The Bertz CT molecular complexity index is 686. The third-order valence-corrected chi connectivity index (χ3v) is 4.31. The molecule has 0 spiro atoms. The van der Waals surface area contributed by atoms with Gasteiger partial charge in [0.2, 0.25) is 0 Å². The van der Waals surface area contributed by atoms with Crippen LogP contribution in [0.4, 0.5) is 0 Å². The number of ketones is 1. The largest absolute Gasteiger partial charge is 0.466 e. The van der Waals surface area contributed by atoms with E-state index in [1.165, 1.54) is 7.11 Å². The molecule has 1 heterocycles. The average molecular weight is 297 g/mol. The van der Waals surface area contributed by atoms with E-state index in [0.717, 1.165) is 35.4 Å². The summed E-state index contributed by atoms with van der Waals surface area (Å²) >= 11 is 0. The van der Waals surface area contributed by atoms with Crippen LogP contribution in [-0.2, 0) is 14.3 Å². The number of rotatable bonds is 2. The van der Waals surface area contributed by atoms with Gasteiger partial charge in [-0.1, -0.05) is 30.3 Å². The number of esters is 1. The highest BCUT2D eigenvalue weighted by Gasteiger charge is 2.38. The van der Waals surface area contributed by atoms with Crippen LogP contribution < -0.4 is 5.32 Å². The lowest BCUT2D eigenvalue weighted by Crippen LogP contribution is -2.34. The Labute approximate surface area is 129 Å². The Hall–Kier alpha value is -2.36. The number of hydrogen-bond donors (Lipinski definition) is 1.